The molecule has 0 aliphatic heterocycles. The monoisotopic (exact) mass is 368 g/mol. The Bertz CT molecular complexity index is 1010. The van der Waals surface area contributed by atoms with Crippen LogP contribution in [0, 0.1) is 13.5 Å². The summed E-state index contributed by atoms with van der Waals surface area (Å²) in [7, 11) is 5.20. The minimum atomic E-state index is 0.603. The summed E-state index contributed by atoms with van der Waals surface area (Å²) < 4.78 is 10.7. The number of anilines is 1. The van der Waals surface area contributed by atoms with Gasteiger partial charge in [0.15, 0.2) is 17.3 Å². The van der Waals surface area contributed by atoms with Gasteiger partial charge in [0.1, 0.15) is 10.6 Å². The lowest BCUT2D eigenvalue weighted by Gasteiger charge is -2.18. The zero-order chi connectivity index (χ0) is 18.8. The van der Waals surface area contributed by atoms with E-state index in [-0.39, 0.29) is 0 Å². The Morgan fingerprint density at radius 3 is 2.54 bits per heavy atom. The van der Waals surface area contributed by atoms with Gasteiger partial charge in [0.05, 0.1) is 20.8 Å². The predicted molar refractivity (Wildman–Crippen MR) is 106 cm³/mol. The molecule has 0 unspecified atom stereocenters. The van der Waals surface area contributed by atoms with E-state index < -0.39 is 0 Å². The Balaban J connectivity index is 2.26. The normalized spacial score (nSPS) is 10.6. The summed E-state index contributed by atoms with van der Waals surface area (Å²) in [5.74, 6) is 2.73. The smallest absolute Gasteiger partial charge is 0.246 e. The number of fused-ring (bicyclic) bond motifs is 1. The van der Waals surface area contributed by atoms with Crippen molar-refractivity contribution in [2.24, 2.45) is 0 Å². The Morgan fingerprint density at radius 2 is 1.92 bits per heavy atom. The highest BCUT2D eigenvalue weighted by Crippen LogP contribution is 2.41. The summed E-state index contributed by atoms with van der Waals surface area (Å²) in [6.07, 6.45) is 0. The summed E-state index contributed by atoms with van der Waals surface area (Å²) in [5, 5.41) is 1.61. The van der Waals surface area contributed by atoms with Crippen LogP contribution in [0.15, 0.2) is 18.2 Å². The van der Waals surface area contributed by atoms with Crippen molar-refractivity contribution in [3.8, 4) is 22.9 Å². The zero-order valence-corrected chi connectivity index (χ0v) is 16.3. The topological polar surface area (TPSA) is 51.8 Å². The fourth-order valence-corrected chi connectivity index (χ4v) is 3.71. The van der Waals surface area contributed by atoms with Crippen LogP contribution in [0.1, 0.15) is 12.5 Å². The van der Waals surface area contributed by atoms with Gasteiger partial charge in [-0.1, -0.05) is 0 Å². The van der Waals surface area contributed by atoms with E-state index in [2.05, 4.69) is 16.7 Å². The molecule has 0 aliphatic carbocycles. The number of nitrogens with zero attached hydrogens (tertiary/aromatic N) is 4. The van der Waals surface area contributed by atoms with Gasteiger partial charge in [-0.2, -0.15) is 0 Å². The van der Waals surface area contributed by atoms with Crippen molar-refractivity contribution >= 4 is 32.4 Å². The lowest BCUT2D eigenvalue weighted by molar-refractivity contribution is 0.355. The SMILES string of the molecule is [C-]#[N+]c1sc2nc(-c3ccc(OC)c(OC)c3)nc(N(C)CC)c2c1C. The number of hydrogen-bond donors (Lipinski definition) is 0. The lowest BCUT2D eigenvalue weighted by atomic mass is 10.1. The minimum absolute atomic E-state index is 0.603. The molecule has 0 N–H and O–H groups in total. The Hall–Kier alpha value is -2.85. The Morgan fingerprint density at radius 1 is 1.19 bits per heavy atom. The second-order valence-electron chi connectivity index (χ2n) is 5.78. The van der Waals surface area contributed by atoms with Gasteiger partial charge >= 0.3 is 0 Å². The van der Waals surface area contributed by atoms with Crippen molar-refractivity contribution in [3.05, 3.63) is 35.2 Å². The maximum Gasteiger partial charge on any atom is 0.246 e. The maximum absolute atomic E-state index is 7.40. The molecule has 0 amide bonds. The van der Waals surface area contributed by atoms with Gasteiger partial charge in [-0.3, -0.25) is 0 Å². The highest BCUT2D eigenvalue weighted by molar-refractivity contribution is 7.22. The standard InChI is InChI=1S/C19H20N4O2S/c1-7-23(4)17-15-11(2)18(20-3)26-19(15)22-16(21-17)12-8-9-13(24-5)14(10-12)25-6/h8-10H,7H2,1-2,4-6H3. The quantitative estimate of drug-likeness (QED) is 0.612. The minimum Gasteiger partial charge on any atom is -0.493 e. The summed E-state index contributed by atoms with van der Waals surface area (Å²) in [5.41, 5.74) is 1.78. The van der Waals surface area contributed by atoms with Crippen molar-refractivity contribution in [1.82, 2.24) is 9.97 Å². The van der Waals surface area contributed by atoms with Crippen molar-refractivity contribution in [3.63, 3.8) is 0 Å². The van der Waals surface area contributed by atoms with Crippen LogP contribution < -0.4 is 14.4 Å². The van der Waals surface area contributed by atoms with Gasteiger partial charge in [0.25, 0.3) is 0 Å². The zero-order valence-electron chi connectivity index (χ0n) is 15.5. The average Bonchev–Trinajstić information content (AvgIpc) is 3.01. The fraction of sp³-hybridized carbons (Fsp3) is 0.316. The molecule has 1 aromatic carbocycles. The van der Waals surface area contributed by atoms with Gasteiger partial charge in [0, 0.05) is 24.5 Å². The highest BCUT2D eigenvalue weighted by Gasteiger charge is 2.19. The highest BCUT2D eigenvalue weighted by atomic mass is 32.1. The second kappa shape index (κ2) is 7.18. The molecule has 0 aliphatic rings. The number of aryl methyl sites for hydroxylation is 1. The van der Waals surface area contributed by atoms with E-state index in [4.69, 9.17) is 26.0 Å². The van der Waals surface area contributed by atoms with E-state index in [1.807, 2.05) is 32.2 Å². The van der Waals surface area contributed by atoms with Crippen LogP contribution in [-0.2, 0) is 0 Å². The molecule has 0 saturated carbocycles. The molecule has 2 heterocycles. The summed E-state index contributed by atoms with van der Waals surface area (Å²) in [6, 6.07) is 5.62. The molecular formula is C19H20N4O2S. The molecule has 7 heteroatoms. The fourth-order valence-electron chi connectivity index (χ4n) is 2.74. The van der Waals surface area contributed by atoms with E-state index in [0.29, 0.717) is 22.3 Å². The van der Waals surface area contributed by atoms with Crippen LogP contribution in [0.3, 0.4) is 0 Å². The van der Waals surface area contributed by atoms with E-state index in [9.17, 15) is 0 Å². The number of thiophene rings is 1. The van der Waals surface area contributed by atoms with Crippen LogP contribution in [-0.4, -0.2) is 37.8 Å². The summed E-state index contributed by atoms with van der Waals surface area (Å²) >= 11 is 1.40. The molecule has 0 radical (unpaired) electrons. The molecule has 2 aromatic heterocycles. The van der Waals surface area contributed by atoms with Crippen LogP contribution in [0.4, 0.5) is 10.8 Å². The molecule has 26 heavy (non-hydrogen) atoms. The van der Waals surface area contributed by atoms with Gasteiger partial charge in [-0.25, -0.2) is 14.8 Å². The molecule has 0 bridgehead atoms. The van der Waals surface area contributed by atoms with Crippen molar-refractivity contribution in [2.75, 3.05) is 32.7 Å². The third kappa shape index (κ3) is 2.93. The van der Waals surface area contributed by atoms with Crippen molar-refractivity contribution in [2.45, 2.75) is 13.8 Å². The molecule has 0 atom stereocenters. The van der Waals surface area contributed by atoms with Crippen LogP contribution >= 0.6 is 11.3 Å². The van der Waals surface area contributed by atoms with Crippen LogP contribution in [0.2, 0.25) is 0 Å². The predicted octanol–water partition coefficient (Wildman–Crippen LogP) is 4.69. The van der Waals surface area contributed by atoms with Crippen LogP contribution in [0.5, 0.6) is 11.5 Å². The first kappa shape index (κ1) is 18.0. The summed E-state index contributed by atoms with van der Waals surface area (Å²) in [4.78, 5) is 16.1. The van der Waals surface area contributed by atoms with Gasteiger partial charge in [-0.15, -0.1) is 11.3 Å². The largest absolute Gasteiger partial charge is 0.493 e. The lowest BCUT2D eigenvalue weighted by Crippen LogP contribution is -2.18. The molecule has 3 rings (SSSR count). The van der Waals surface area contributed by atoms with E-state index in [0.717, 1.165) is 33.7 Å². The number of benzene rings is 1. The van der Waals surface area contributed by atoms with E-state index in [1.165, 1.54) is 11.3 Å². The van der Waals surface area contributed by atoms with Crippen LogP contribution in [0.25, 0.3) is 26.4 Å². The Labute approximate surface area is 156 Å². The third-order valence-corrected chi connectivity index (χ3v) is 5.40. The first-order valence-corrected chi connectivity index (χ1v) is 8.97. The first-order valence-electron chi connectivity index (χ1n) is 8.16. The summed E-state index contributed by atoms with van der Waals surface area (Å²) in [6.45, 7) is 12.2. The number of ether oxygens (including phenoxy) is 2. The molecule has 0 spiro atoms. The van der Waals surface area contributed by atoms with E-state index >= 15 is 0 Å². The van der Waals surface area contributed by atoms with Gasteiger partial charge in [0.2, 0.25) is 5.00 Å². The maximum atomic E-state index is 7.40. The van der Waals surface area contributed by atoms with Crippen molar-refractivity contribution < 1.29 is 9.47 Å². The molecule has 0 fully saturated rings. The number of hydrogen-bond acceptors (Lipinski definition) is 6. The van der Waals surface area contributed by atoms with Gasteiger partial charge < -0.3 is 14.4 Å². The number of methoxy groups -OCH3 is 2. The van der Waals surface area contributed by atoms with Crippen molar-refractivity contribution in [1.29, 1.82) is 0 Å². The molecular weight excluding hydrogens is 348 g/mol. The second-order valence-corrected chi connectivity index (χ2v) is 6.76. The average molecular weight is 368 g/mol. The molecule has 3 aromatic rings. The third-order valence-electron chi connectivity index (χ3n) is 4.33. The first-order chi connectivity index (χ1) is 12.5. The molecule has 134 valence electrons. The van der Waals surface area contributed by atoms with E-state index in [1.54, 1.807) is 14.2 Å². The van der Waals surface area contributed by atoms with Gasteiger partial charge in [-0.05, 0) is 37.6 Å². The molecule has 6 nitrogen and oxygen atoms in total. The number of rotatable bonds is 5. The number of aromatic nitrogens is 2. The molecule has 0 saturated heterocycles. The Kier molecular flexibility index (Phi) is 4.96.